The zero-order chi connectivity index (χ0) is 19.1. The van der Waals surface area contributed by atoms with Gasteiger partial charge in [-0.15, -0.1) is 0 Å². The fourth-order valence-corrected chi connectivity index (χ4v) is 3.04. The summed E-state index contributed by atoms with van der Waals surface area (Å²) in [4.78, 5) is 12.1. The summed E-state index contributed by atoms with van der Waals surface area (Å²) in [5.74, 6) is 0.303. The van der Waals surface area contributed by atoms with Gasteiger partial charge < -0.3 is 4.74 Å². The van der Waals surface area contributed by atoms with Crippen LogP contribution in [0.2, 0.25) is 5.02 Å². The first kappa shape index (κ1) is 19.1. The van der Waals surface area contributed by atoms with Gasteiger partial charge in [-0.3, -0.25) is 4.79 Å². The Morgan fingerprint density at radius 2 is 1.85 bits per heavy atom. The summed E-state index contributed by atoms with van der Waals surface area (Å²) in [6, 6.07) is 22.2. The summed E-state index contributed by atoms with van der Waals surface area (Å²) in [7, 11) is 0. The monoisotopic (exact) mass is 442 g/mol. The van der Waals surface area contributed by atoms with Crippen molar-refractivity contribution in [2.75, 3.05) is 0 Å². The Morgan fingerprint density at radius 3 is 2.67 bits per heavy atom. The number of ether oxygens (including phenoxy) is 1. The molecule has 0 saturated heterocycles. The van der Waals surface area contributed by atoms with E-state index in [0.29, 0.717) is 22.9 Å². The Labute approximate surface area is 171 Å². The fraction of sp³-hybridized carbons (Fsp3) is 0.0476. The highest BCUT2D eigenvalue weighted by atomic mass is 79.9. The Morgan fingerprint density at radius 1 is 1.07 bits per heavy atom. The van der Waals surface area contributed by atoms with Crippen LogP contribution in [0.25, 0.3) is 0 Å². The first-order valence-corrected chi connectivity index (χ1v) is 9.35. The number of amides is 1. The van der Waals surface area contributed by atoms with Crippen molar-refractivity contribution >= 4 is 39.7 Å². The number of para-hydroxylation sites is 1. The van der Waals surface area contributed by atoms with E-state index in [1.54, 1.807) is 30.5 Å². The third kappa shape index (κ3) is 5.42. The predicted molar refractivity (Wildman–Crippen MR) is 111 cm³/mol. The van der Waals surface area contributed by atoms with E-state index in [9.17, 15) is 4.79 Å². The summed E-state index contributed by atoms with van der Waals surface area (Å²) >= 11 is 9.46. The smallest absolute Gasteiger partial charge is 0.272 e. The van der Waals surface area contributed by atoms with Crippen LogP contribution in [-0.4, -0.2) is 12.1 Å². The van der Waals surface area contributed by atoms with Gasteiger partial charge in [-0.1, -0.05) is 63.9 Å². The molecular formula is C21H16BrClN2O2. The van der Waals surface area contributed by atoms with Gasteiger partial charge in [0.25, 0.3) is 5.91 Å². The topological polar surface area (TPSA) is 50.7 Å². The lowest BCUT2D eigenvalue weighted by atomic mass is 10.2. The average molecular weight is 444 g/mol. The summed E-state index contributed by atoms with van der Waals surface area (Å²) in [6.45, 7) is 0.427. The van der Waals surface area contributed by atoms with Crippen molar-refractivity contribution in [2.24, 2.45) is 5.10 Å². The molecule has 0 saturated carbocycles. The maximum Gasteiger partial charge on any atom is 0.272 e. The van der Waals surface area contributed by atoms with Crippen molar-refractivity contribution < 1.29 is 9.53 Å². The van der Waals surface area contributed by atoms with E-state index in [-0.39, 0.29) is 5.91 Å². The number of carbonyl (C=O) groups is 1. The summed E-state index contributed by atoms with van der Waals surface area (Å²) < 4.78 is 6.89. The minimum atomic E-state index is -0.371. The molecule has 0 fully saturated rings. The van der Waals surface area contributed by atoms with Gasteiger partial charge >= 0.3 is 0 Å². The summed E-state index contributed by atoms with van der Waals surface area (Å²) in [5.41, 5.74) is 4.65. The number of hydrazone groups is 1. The highest BCUT2D eigenvalue weighted by molar-refractivity contribution is 9.10. The van der Waals surface area contributed by atoms with Crippen LogP contribution in [0.15, 0.2) is 82.4 Å². The molecular weight excluding hydrogens is 428 g/mol. The summed E-state index contributed by atoms with van der Waals surface area (Å²) in [6.07, 6.45) is 1.55. The Balaban J connectivity index is 1.66. The number of rotatable bonds is 6. The molecule has 0 heterocycles. The Bertz CT molecular complexity index is 976. The minimum absolute atomic E-state index is 0.371. The second-order valence-corrected chi connectivity index (χ2v) is 6.96. The molecule has 0 radical (unpaired) electrons. The van der Waals surface area contributed by atoms with Crippen LogP contribution in [-0.2, 0) is 6.61 Å². The molecule has 0 aliphatic heterocycles. The van der Waals surface area contributed by atoms with Gasteiger partial charge in [-0.05, 0) is 42.0 Å². The van der Waals surface area contributed by atoms with Gasteiger partial charge in [0, 0.05) is 10.0 Å². The van der Waals surface area contributed by atoms with E-state index in [1.807, 2.05) is 48.5 Å². The van der Waals surface area contributed by atoms with Gasteiger partial charge in [-0.2, -0.15) is 5.10 Å². The Kier molecular flexibility index (Phi) is 6.63. The van der Waals surface area contributed by atoms with Gasteiger partial charge in [-0.25, -0.2) is 5.43 Å². The predicted octanol–water partition coefficient (Wildman–Crippen LogP) is 5.45. The molecule has 1 amide bonds. The van der Waals surface area contributed by atoms with Crippen LogP contribution >= 0.6 is 27.5 Å². The van der Waals surface area contributed by atoms with Crippen LogP contribution in [0, 0.1) is 0 Å². The molecule has 27 heavy (non-hydrogen) atoms. The molecule has 4 nitrogen and oxygen atoms in total. The van der Waals surface area contributed by atoms with Crippen molar-refractivity contribution in [1.29, 1.82) is 0 Å². The molecule has 0 aliphatic rings. The van der Waals surface area contributed by atoms with Crippen LogP contribution in [0.1, 0.15) is 21.5 Å². The molecule has 3 rings (SSSR count). The van der Waals surface area contributed by atoms with Crippen molar-refractivity contribution in [3.8, 4) is 5.75 Å². The van der Waals surface area contributed by atoms with Gasteiger partial charge in [0.1, 0.15) is 12.4 Å². The van der Waals surface area contributed by atoms with Crippen molar-refractivity contribution in [3.63, 3.8) is 0 Å². The van der Waals surface area contributed by atoms with Gasteiger partial charge in [0.2, 0.25) is 0 Å². The third-order valence-electron chi connectivity index (χ3n) is 3.69. The fourth-order valence-electron chi connectivity index (χ4n) is 2.37. The number of halogens is 2. The second-order valence-electron chi connectivity index (χ2n) is 5.64. The zero-order valence-electron chi connectivity index (χ0n) is 14.2. The van der Waals surface area contributed by atoms with Crippen LogP contribution in [0.5, 0.6) is 5.75 Å². The normalized spacial score (nSPS) is 10.7. The molecule has 136 valence electrons. The molecule has 6 heteroatoms. The van der Waals surface area contributed by atoms with E-state index in [1.165, 1.54) is 0 Å². The first-order chi connectivity index (χ1) is 13.1. The van der Waals surface area contributed by atoms with Crippen molar-refractivity contribution in [2.45, 2.75) is 6.61 Å². The average Bonchev–Trinajstić information content (AvgIpc) is 2.67. The lowest BCUT2D eigenvalue weighted by molar-refractivity contribution is 0.0955. The van der Waals surface area contributed by atoms with E-state index < -0.39 is 0 Å². The molecule has 0 unspecified atom stereocenters. The summed E-state index contributed by atoms with van der Waals surface area (Å²) in [5, 5.41) is 4.40. The van der Waals surface area contributed by atoms with Gasteiger partial charge in [0.05, 0.1) is 16.8 Å². The molecule has 0 spiro atoms. The van der Waals surface area contributed by atoms with Crippen LogP contribution in [0.3, 0.4) is 0 Å². The molecule has 3 aromatic rings. The number of hydrogen-bond acceptors (Lipinski definition) is 3. The molecule has 3 aromatic carbocycles. The van der Waals surface area contributed by atoms with Gasteiger partial charge in [0.15, 0.2) is 0 Å². The SMILES string of the molecule is O=C(NN=Cc1ccccc1OCc1cccc(Br)c1)c1ccccc1Cl. The lowest BCUT2D eigenvalue weighted by Gasteiger charge is -2.09. The highest BCUT2D eigenvalue weighted by Gasteiger charge is 2.08. The van der Waals surface area contributed by atoms with Crippen LogP contribution < -0.4 is 10.2 Å². The third-order valence-corrected chi connectivity index (χ3v) is 4.51. The zero-order valence-corrected chi connectivity index (χ0v) is 16.6. The molecule has 0 aromatic heterocycles. The van der Waals surface area contributed by atoms with E-state index in [4.69, 9.17) is 16.3 Å². The number of carbonyl (C=O) groups excluding carboxylic acids is 1. The molecule has 0 atom stereocenters. The number of nitrogens with zero attached hydrogens (tertiary/aromatic N) is 1. The number of nitrogens with one attached hydrogen (secondary N) is 1. The van der Waals surface area contributed by atoms with Crippen molar-refractivity contribution in [3.05, 3.63) is 99.0 Å². The van der Waals surface area contributed by atoms with Crippen molar-refractivity contribution in [1.82, 2.24) is 5.43 Å². The second kappa shape index (κ2) is 9.35. The molecule has 0 aliphatic carbocycles. The lowest BCUT2D eigenvalue weighted by Crippen LogP contribution is -2.18. The molecule has 1 N–H and O–H groups in total. The largest absolute Gasteiger partial charge is 0.488 e. The van der Waals surface area contributed by atoms with E-state index in [2.05, 4.69) is 26.5 Å². The standard InChI is InChI=1S/C21H16BrClN2O2/c22-17-8-5-6-15(12-17)14-27-20-11-4-1-7-16(20)13-24-25-21(26)18-9-2-3-10-19(18)23/h1-13H,14H2,(H,25,26). The maximum absolute atomic E-state index is 12.1. The first-order valence-electron chi connectivity index (χ1n) is 8.17. The maximum atomic E-state index is 12.1. The Hall–Kier alpha value is -2.63. The highest BCUT2D eigenvalue weighted by Crippen LogP contribution is 2.19. The number of hydrogen-bond donors (Lipinski definition) is 1. The minimum Gasteiger partial charge on any atom is -0.488 e. The van der Waals surface area contributed by atoms with E-state index in [0.717, 1.165) is 15.6 Å². The van der Waals surface area contributed by atoms with E-state index >= 15 is 0 Å². The van der Waals surface area contributed by atoms with Crippen LogP contribution in [0.4, 0.5) is 0 Å². The molecule has 0 bridgehead atoms. The number of benzene rings is 3. The quantitative estimate of drug-likeness (QED) is 0.407.